The molecule has 2 aromatic carbocycles. The van der Waals surface area contributed by atoms with E-state index in [9.17, 15) is 4.79 Å². The first kappa shape index (κ1) is 19.8. The number of carbonyl (C=O) groups is 1. The second kappa shape index (κ2) is 8.89. The van der Waals surface area contributed by atoms with Gasteiger partial charge in [0.1, 0.15) is 5.75 Å². The van der Waals surface area contributed by atoms with Gasteiger partial charge in [-0.15, -0.1) is 0 Å². The standard InChI is InChI=1S/C21H15ClN4O3S/c22-15-4-1-2-5-16(15)28-12-18(27)25-21(30)24-14-9-7-13(8-10-14)20-26-19-17(29-20)6-3-11-23-19/h1-11H,12H2,(H2,24,25,27,30). The number of aromatic nitrogens is 2. The molecule has 0 aliphatic carbocycles. The molecule has 0 radical (unpaired) electrons. The van der Waals surface area contributed by atoms with Crippen LogP contribution in [-0.4, -0.2) is 27.6 Å². The first-order valence-corrected chi connectivity index (χ1v) is 9.67. The summed E-state index contributed by atoms with van der Waals surface area (Å²) in [5, 5.41) is 6.08. The third kappa shape index (κ3) is 4.73. The number of ether oxygens (including phenoxy) is 1. The van der Waals surface area contributed by atoms with Gasteiger partial charge in [0.2, 0.25) is 5.89 Å². The van der Waals surface area contributed by atoms with Gasteiger partial charge in [-0.2, -0.15) is 4.98 Å². The van der Waals surface area contributed by atoms with Gasteiger partial charge in [0.25, 0.3) is 5.91 Å². The molecule has 0 aliphatic rings. The molecule has 0 spiro atoms. The first-order valence-electron chi connectivity index (χ1n) is 8.88. The van der Waals surface area contributed by atoms with Crippen LogP contribution in [0.2, 0.25) is 5.02 Å². The summed E-state index contributed by atoms with van der Waals surface area (Å²) in [6, 6.07) is 17.8. The van der Waals surface area contributed by atoms with Crippen LogP contribution in [0.1, 0.15) is 0 Å². The lowest BCUT2D eigenvalue weighted by molar-refractivity contribution is -0.121. The van der Waals surface area contributed by atoms with Crippen LogP contribution in [0.5, 0.6) is 5.75 Å². The van der Waals surface area contributed by atoms with Gasteiger partial charge in [0.15, 0.2) is 22.9 Å². The summed E-state index contributed by atoms with van der Waals surface area (Å²) in [4.78, 5) is 20.5. The number of pyridine rings is 1. The minimum Gasteiger partial charge on any atom is -0.482 e. The molecule has 0 atom stereocenters. The van der Waals surface area contributed by atoms with Crippen molar-refractivity contribution in [1.29, 1.82) is 0 Å². The van der Waals surface area contributed by atoms with Crippen molar-refractivity contribution in [2.24, 2.45) is 0 Å². The number of nitrogens with zero attached hydrogens (tertiary/aromatic N) is 2. The molecule has 0 unspecified atom stereocenters. The maximum absolute atomic E-state index is 12.0. The Hall–Kier alpha value is -3.49. The number of halogens is 1. The van der Waals surface area contributed by atoms with Crippen molar-refractivity contribution in [1.82, 2.24) is 15.3 Å². The minimum atomic E-state index is -0.400. The second-order valence-corrected chi connectivity index (χ2v) is 6.96. The van der Waals surface area contributed by atoms with Crippen molar-refractivity contribution in [3.05, 3.63) is 71.9 Å². The van der Waals surface area contributed by atoms with E-state index in [1.54, 1.807) is 48.7 Å². The van der Waals surface area contributed by atoms with E-state index in [0.717, 1.165) is 5.56 Å². The lowest BCUT2D eigenvalue weighted by Gasteiger charge is -2.11. The van der Waals surface area contributed by atoms with Crippen molar-refractivity contribution in [2.45, 2.75) is 0 Å². The van der Waals surface area contributed by atoms with Gasteiger partial charge in [0, 0.05) is 17.4 Å². The number of hydrogen-bond donors (Lipinski definition) is 2. The number of benzene rings is 2. The van der Waals surface area contributed by atoms with Gasteiger partial charge < -0.3 is 14.5 Å². The molecule has 30 heavy (non-hydrogen) atoms. The van der Waals surface area contributed by atoms with Crippen LogP contribution in [0.15, 0.2) is 71.3 Å². The molecule has 4 rings (SSSR count). The van der Waals surface area contributed by atoms with Crippen LogP contribution in [0, 0.1) is 0 Å². The number of fused-ring (bicyclic) bond motifs is 1. The number of hydrogen-bond acceptors (Lipinski definition) is 6. The SMILES string of the molecule is O=C(COc1ccccc1Cl)NC(=S)Nc1ccc(-c2nc3ncccc3o2)cc1. The number of anilines is 1. The monoisotopic (exact) mass is 438 g/mol. The Morgan fingerprint density at radius 1 is 1.10 bits per heavy atom. The summed E-state index contributed by atoms with van der Waals surface area (Å²) < 4.78 is 11.1. The van der Waals surface area contributed by atoms with Crippen LogP contribution in [0.3, 0.4) is 0 Å². The van der Waals surface area contributed by atoms with E-state index in [0.29, 0.717) is 33.6 Å². The van der Waals surface area contributed by atoms with E-state index in [-0.39, 0.29) is 11.7 Å². The number of amides is 1. The second-order valence-electron chi connectivity index (χ2n) is 6.14. The highest BCUT2D eigenvalue weighted by molar-refractivity contribution is 7.80. The van der Waals surface area contributed by atoms with Crippen molar-refractivity contribution >= 4 is 51.8 Å². The zero-order valence-corrected chi connectivity index (χ0v) is 17.0. The molecule has 1 amide bonds. The van der Waals surface area contributed by atoms with E-state index < -0.39 is 5.91 Å². The smallest absolute Gasteiger partial charge is 0.264 e. The van der Waals surface area contributed by atoms with E-state index in [2.05, 4.69) is 20.6 Å². The minimum absolute atomic E-state index is 0.154. The molecule has 9 heteroatoms. The highest BCUT2D eigenvalue weighted by Gasteiger charge is 2.10. The lowest BCUT2D eigenvalue weighted by Crippen LogP contribution is -2.37. The Kier molecular flexibility index (Phi) is 5.87. The van der Waals surface area contributed by atoms with Crippen LogP contribution >= 0.6 is 23.8 Å². The molecule has 2 aromatic heterocycles. The quantitative estimate of drug-likeness (QED) is 0.445. The average Bonchev–Trinajstić information content (AvgIpc) is 3.18. The average molecular weight is 439 g/mol. The Morgan fingerprint density at radius 3 is 2.67 bits per heavy atom. The normalized spacial score (nSPS) is 10.6. The number of rotatable bonds is 5. The molecule has 7 nitrogen and oxygen atoms in total. The van der Waals surface area contributed by atoms with Crippen LogP contribution in [0.25, 0.3) is 22.7 Å². The molecular weight excluding hydrogens is 424 g/mol. The molecule has 0 fully saturated rings. The Labute approximate surface area is 182 Å². The van der Waals surface area contributed by atoms with Crippen LogP contribution in [0.4, 0.5) is 5.69 Å². The van der Waals surface area contributed by atoms with Crippen LogP contribution in [-0.2, 0) is 4.79 Å². The predicted molar refractivity (Wildman–Crippen MR) is 119 cm³/mol. The molecular formula is C21H15ClN4O3S. The van der Waals surface area contributed by atoms with Crippen LogP contribution < -0.4 is 15.4 Å². The zero-order chi connectivity index (χ0) is 20.9. The maximum atomic E-state index is 12.0. The van der Waals surface area contributed by atoms with Gasteiger partial charge >= 0.3 is 0 Å². The molecule has 0 aliphatic heterocycles. The Bertz CT molecular complexity index is 1180. The van der Waals surface area contributed by atoms with Gasteiger partial charge in [-0.3, -0.25) is 10.1 Å². The fourth-order valence-electron chi connectivity index (χ4n) is 2.62. The number of nitrogens with one attached hydrogen (secondary N) is 2. The fraction of sp³-hybridized carbons (Fsp3) is 0.0476. The summed E-state index contributed by atoms with van der Waals surface area (Å²) in [5.41, 5.74) is 2.67. The Morgan fingerprint density at radius 2 is 1.90 bits per heavy atom. The largest absolute Gasteiger partial charge is 0.482 e. The summed E-state index contributed by atoms with van der Waals surface area (Å²) in [7, 11) is 0. The predicted octanol–water partition coefficient (Wildman–Crippen LogP) is 4.44. The molecule has 0 bridgehead atoms. The first-order chi connectivity index (χ1) is 14.6. The van der Waals surface area contributed by atoms with E-state index >= 15 is 0 Å². The van der Waals surface area contributed by atoms with Gasteiger partial charge in [-0.1, -0.05) is 23.7 Å². The van der Waals surface area contributed by atoms with Crippen molar-refractivity contribution in [3.63, 3.8) is 0 Å². The lowest BCUT2D eigenvalue weighted by atomic mass is 10.2. The Balaban J connectivity index is 1.32. The van der Waals surface area contributed by atoms with E-state index in [1.807, 2.05) is 18.2 Å². The van der Waals surface area contributed by atoms with Gasteiger partial charge in [-0.05, 0) is 60.7 Å². The third-order valence-corrected chi connectivity index (χ3v) is 4.52. The fourth-order valence-corrected chi connectivity index (χ4v) is 3.04. The van der Waals surface area contributed by atoms with Crippen molar-refractivity contribution in [3.8, 4) is 17.2 Å². The number of carbonyl (C=O) groups excluding carboxylic acids is 1. The number of thiocarbonyl (C=S) groups is 1. The molecule has 2 N–H and O–H groups in total. The van der Waals surface area contributed by atoms with Gasteiger partial charge in [-0.25, -0.2) is 4.98 Å². The van der Waals surface area contributed by atoms with Crippen molar-refractivity contribution in [2.75, 3.05) is 11.9 Å². The topological polar surface area (TPSA) is 89.3 Å². The summed E-state index contributed by atoms with van der Waals surface area (Å²) in [6.07, 6.45) is 1.66. The zero-order valence-electron chi connectivity index (χ0n) is 15.5. The number of para-hydroxylation sites is 1. The number of oxazole rings is 1. The summed E-state index contributed by atoms with van der Waals surface area (Å²) in [5.74, 6) is 0.504. The highest BCUT2D eigenvalue weighted by atomic mass is 35.5. The summed E-state index contributed by atoms with van der Waals surface area (Å²) >= 11 is 11.2. The maximum Gasteiger partial charge on any atom is 0.264 e. The molecule has 0 saturated carbocycles. The van der Waals surface area contributed by atoms with E-state index in [4.69, 9.17) is 33.0 Å². The summed E-state index contributed by atoms with van der Waals surface area (Å²) in [6.45, 7) is -0.212. The molecule has 2 heterocycles. The molecule has 0 saturated heterocycles. The van der Waals surface area contributed by atoms with Gasteiger partial charge in [0.05, 0.1) is 5.02 Å². The highest BCUT2D eigenvalue weighted by Crippen LogP contribution is 2.24. The van der Waals surface area contributed by atoms with Crippen molar-refractivity contribution < 1.29 is 13.9 Å². The third-order valence-electron chi connectivity index (χ3n) is 4.00. The molecule has 4 aromatic rings. The van der Waals surface area contributed by atoms with E-state index in [1.165, 1.54) is 0 Å². The molecule has 150 valence electrons.